The van der Waals surface area contributed by atoms with Crippen LogP contribution < -0.4 is 23.8 Å². The van der Waals surface area contributed by atoms with Gasteiger partial charge in [0.05, 0.1) is 39.3 Å². The normalized spacial score (nSPS) is 13.1. The molecule has 31 heavy (non-hydrogen) atoms. The topological polar surface area (TPSA) is 94.2 Å². The lowest BCUT2D eigenvalue weighted by molar-refractivity contribution is -0.122. The van der Waals surface area contributed by atoms with Crippen LogP contribution in [-0.4, -0.2) is 48.0 Å². The summed E-state index contributed by atoms with van der Waals surface area (Å²) >= 11 is 0. The van der Waals surface area contributed by atoms with Crippen LogP contribution in [0.15, 0.2) is 42.5 Å². The summed E-state index contributed by atoms with van der Waals surface area (Å²) in [5.41, 5.74) is 1.08. The fraction of sp³-hybridized carbons (Fsp3) is 0.409. The second-order valence-electron chi connectivity index (χ2n) is 7.02. The van der Waals surface area contributed by atoms with Crippen molar-refractivity contribution in [1.82, 2.24) is 5.32 Å². The highest BCUT2D eigenvalue weighted by Crippen LogP contribution is 2.30. The first kappa shape index (κ1) is 24.3. The Bertz CT molecular complexity index is 1010. The zero-order valence-corrected chi connectivity index (χ0v) is 19.5. The van der Waals surface area contributed by atoms with E-state index >= 15 is 0 Å². The number of hydrogen-bond donors (Lipinski definition) is 1. The Balaban J connectivity index is 2.38. The summed E-state index contributed by atoms with van der Waals surface area (Å²) in [6, 6.07) is 10.5. The largest absolute Gasteiger partial charge is 0.497 e. The van der Waals surface area contributed by atoms with Gasteiger partial charge in [-0.2, -0.15) is 0 Å². The van der Waals surface area contributed by atoms with Crippen LogP contribution >= 0.6 is 0 Å². The average Bonchev–Trinajstić information content (AvgIpc) is 2.75. The first-order valence-corrected chi connectivity index (χ1v) is 11.7. The molecule has 0 radical (unpaired) electrons. The Kier molecular flexibility index (Phi) is 8.15. The van der Waals surface area contributed by atoms with Crippen LogP contribution in [0.25, 0.3) is 0 Å². The maximum Gasteiger partial charge on any atom is 0.244 e. The number of carbonyl (C=O) groups excluding carboxylic acids is 1. The number of benzene rings is 2. The molecule has 0 fully saturated rings. The molecule has 0 saturated heterocycles. The van der Waals surface area contributed by atoms with Crippen LogP contribution in [0.1, 0.15) is 31.9 Å². The van der Waals surface area contributed by atoms with Crippen molar-refractivity contribution in [3.05, 3.63) is 48.0 Å². The van der Waals surface area contributed by atoms with Crippen molar-refractivity contribution in [3.63, 3.8) is 0 Å². The van der Waals surface area contributed by atoms with Crippen molar-refractivity contribution in [1.29, 1.82) is 0 Å². The Morgan fingerprint density at radius 3 is 2.23 bits per heavy atom. The van der Waals surface area contributed by atoms with Gasteiger partial charge in [0.2, 0.25) is 15.9 Å². The lowest BCUT2D eigenvalue weighted by Gasteiger charge is -2.31. The molecule has 0 spiro atoms. The second-order valence-corrected chi connectivity index (χ2v) is 8.88. The molecular weight excluding hydrogens is 420 g/mol. The van der Waals surface area contributed by atoms with E-state index in [0.29, 0.717) is 22.9 Å². The number of amides is 1. The fourth-order valence-electron chi connectivity index (χ4n) is 3.37. The summed E-state index contributed by atoms with van der Waals surface area (Å²) in [6.45, 7) is 3.57. The third-order valence-corrected chi connectivity index (χ3v) is 6.08. The standard InChI is InChI=1S/C22H30N2O6S/c1-7-20(24(31(6,26)27)16-9-8-10-17(13-16)28-3)22(25)23-15(2)19-14-18(29-4)11-12-21(19)30-5/h8-15,20H,7H2,1-6H3,(H,23,25)/t15-,20+/m0/s1. The number of carbonyl (C=O) groups is 1. The van der Waals surface area contributed by atoms with Gasteiger partial charge in [-0.3, -0.25) is 9.10 Å². The molecular formula is C22H30N2O6S. The van der Waals surface area contributed by atoms with E-state index in [2.05, 4.69) is 5.32 Å². The van der Waals surface area contributed by atoms with E-state index in [-0.39, 0.29) is 6.42 Å². The third-order valence-electron chi connectivity index (χ3n) is 4.90. The van der Waals surface area contributed by atoms with Crippen LogP contribution in [0.3, 0.4) is 0 Å². The molecule has 0 aliphatic heterocycles. The fourth-order valence-corrected chi connectivity index (χ4v) is 4.58. The lowest BCUT2D eigenvalue weighted by Crippen LogP contribution is -2.49. The summed E-state index contributed by atoms with van der Waals surface area (Å²) in [4.78, 5) is 13.2. The van der Waals surface area contributed by atoms with Gasteiger partial charge in [-0.15, -0.1) is 0 Å². The first-order chi connectivity index (χ1) is 14.7. The summed E-state index contributed by atoms with van der Waals surface area (Å²) in [6.07, 6.45) is 1.36. The molecule has 0 bridgehead atoms. The van der Waals surface area contributed by atoms with Crippen molar-refractivity contribution < 1.29 is 27.4 Å². The molecule has 1 amide bonds. The van der Waals surface area contributed by atoms with Gasteiger partial charge in [-0.05, 0) is 43.7 Å². The lowest BCUT2D eigenvalue weighted by atomic mass is 10.1. The maximum atomic E-state index is 13.2. The quantitative estimate of drug-likeness (QED) is 0.598. The molecule has 0 aliphatic rings. The molecule has 2 aromatic rings. The SMILES string of the molecule is CC[C@H](C(=O)N[C@@H](C)c1cc(OC)ccc1OC)N(c1cccc(OC)c1)S(C)(=O)=O. The van der Waals surface area contributed by atoms with Crippen LogP contribution in [0.2, 0.25) is 0 Å². The van der Waals surface area contributed by atoms with Crippen molar-refractivity contribution in [2.75, 3.05) is 31.9 Å². The van der Waals surface area contributed by atoms with Crippen LogP contribution in [-0.2, 0) is 14.8 Å². The van der Waals surface area contributed by atoms with Gasteiger partial charge in [-0.1, -0.05) is 13.0 Å². The van der Waals surface area contributed by atoms with Gasteiger partial charge in [0.1, 0.15) is 23.3 Å². The molecule has 0 unspecified atom stereocenters. The van der Waals surface area contributed by atoms with Gasteiger partial charge in [-0.25, -0.2) is 8.42 Å². The van der Waals surface area contributed by atoms with E-state index in [9.17, 15) is 13.2 Å². The average molecular weight is 451 g/mol. The molecule has 1 N–H and O–H groups in total. The Morgan fingerprint density at radius 2 is 1.68 bits per heavy atom. The predicted octanol–water partition coefficient (Wildman–Crippen LogP) is 3.13. The summed E-state index contributed by atoms with van der Waals surface area (Å²) < 4.78 is 42.3. The van der Waals surface area contributed by atoms with E-state index in [1.54, 1.807) is 70.5 Å². The van der Waals surface area contributed by atoms with Gasteiger partial charge < -0.3 is 19.5 Å². The Labute approximate surface area is 184 Å². The smallest absolute Gasteiger partial charge is 0.244 e. The minimum Gasteiger partial charge on any atom is -0.497 e. The monoisotopic (exact) mass is 450 g/mol. The number of nitrogens with zero attached hydrogens (tertiary/aromatic N) is 1. The minimum absolute atomic E-state index is 0.276. The minimum atomic E-state index is -3.75. The predicted molar refractivity (Wildman–Crippen MR) is 120 cm³/mol. The molecule has 0 aromatic heterocycles. The van der Waals surface area contributed by atoms with Gasteiger partial charge >= 0.3 is 0 Å². The molecule has 2 atom stereocenters. The van der Waals surface area contributed by atoms with Crippen LogP contribution in [0, 0.1) is 0 Å². The number of anilines is 1. The van der Waals surface area contributed by atoms with Crippen molar-refractivity contribution in [3.8, 4) is 17.2 Å². The highest BCUT2D eigenvalue weighted by molar-refractivity contribution is 7.92. The molecule has 0 heterocycles. The number of nitrogens with one attached hydrogen (secondary N) is 1. The molecule has 0 saturated carbocycles. The van der Waals surface area contributed by atoms with Gasteiger partial charge in [0.25, 0.3) is 0 Å². The second kappa shape index (κ2) is 10.4. The van der Waals surface area contributed by atoms with Crippen molar-refractivity contribution >= 4 is 21.6 Å². The summed E-state index contributed by atoms with van der Waals surface area (Å²) in [7, 11) is 0.846. The Morgan fingerprint density at radius 1 is 1.03 bits per heavy atom. The zero-order chi connectivity index (χ0) is 23.2. The van der Waals surface area contributed by atoms with E-state index in [4.69, 9.17) is 14.2 Å². The van der Waals surface area contributed by atoms with E-state index in [0.717, 1.165) is 16.1 Å². The molecule has 2 aromatic carbocycles. The van der Waals surface area contributed by atoms with E-state index in [1.165, 1.54) is 7.11 Å². The van der Waals surface area contributed by atoms with Gasteiger partial charge in [0.15, 0.2) is 0 Å². The molecule has 9 heteroatoms. The van der Waals surface area contributed by atoms with Crippen molar-refractivity contribution in [2.45, 2.75) is 32.4 Å². The van der Waals surface area contributed by atoms with Crippen LogP contribution in [0.4, 0.5) is 5.69 Å². The number of hydrogen-bond acceptors (Lipinski definition) is 6. The Hall–Kier alpha value is -2.94. The summed E-state index contributed by atoms with van der Waals surface area (Å²) in [5.74, 6) is 1.29. The highest BCUT2D eigenvalue weighted by Gasteiger charge is 2.32. The van der Waals surface area contributed by atoms with E-state index in [1.807, 2.05) is 0 Å². The highest BCUT2D eigenvalue weighted by atomic mass is 32.2. The molecule has 2 rings (SSSR count). The molecule has 0 aliphatic carbocycles. The van der Waals surface area contributed by atoms with Gasteiger partial charge in [0, 0.05) is 11.6 Å². The number of ether oxygens (including phenoxy) is 3. The zero-order valence-electron chi connectivity index (χ0n) is 18.7. The summed E-state index contributed by atoms with van der Waals surface area (Å²) in [5, 5.41) is 2.91. The van der Waals surface area contributed by atoms with Crippen molar-refractivity contribution in [2.24, 2.45) is 0 Å². The first-order valence-electron chi connectivity index (χ1n) is 9.82. The van der Waals surface area contributed by atoms with Crippen LogP contribution in [0.5, 0.6) is 17.2 Å². The number of rotatable bonds is 10. The number of methoxy groups -OCH3 is 3. The third kappa shape index (κ3) is 5.81. The molecule has 8 nitrogen and oxygen atoms in total. The number of sulfonamides is 1. The molecule has 170 valence electrons. The van der Waals surface area contributed by atoms with E-state index < -0.39 is 28.0 Å². The maximum absolute atomic E-state index is 13.2.